The van der Waals surface area contributed by atoms with E-state index < -0.39 is 5.97 Å². The molecule has 21 heavy (non-hydrogen) atoms. The predicted octanol–water partition coefficient (Wildman–Crippen LogP) is 3.33. The topological polar surface area (TPSA) is 76.0 Å². The molecule has 0 atom stereocenters. The SMILES string of the molecule is COc1cc(Cl)cc(C(=O)O)c1OCc1cccc(O)c1. The van der Waals surface area contributed by atoms with Gasteiger partial charge >= 0.3 is 5.97 Å². The molecule has 2 aromatic rings. The van der Waals surface area contributed by atoms with E-state index in [4.69, 9.17) is 21.1 Å². The van der Waals surface area contributed by atoms with Crippen LogP contribution in [0.4, 0.5) is 0 Å². The first-order valence-electron chi connectivity index (χ1n) is 6.03. The average molecular weight is 309 g/mol. The molecule has 0 aliphatic heterocycles. The molecule has 0 saturated carbocycles. The summed E-state index contributed by atoms with van der Waals surface area (Å²) in [7, 11) is 1.40. The molecular formula is C15H13ClO5. The van der Waals surface area contributed by atoms with Crippen LogP contribution in [0.1, 0.15) is 15.9 Å². The zero-order valence-corrected chi connectivity index (χ0v) is 11.9. The van der Waals surface area contributed by atoms with Crippen LogP contribution >= 0.6 is 11.6 Å². The number of phenolic OH excluding ortho intramolecular Hbond substituents is 1. The Bertz CT molecular complexity index is 669. The van der Waals surface area contributed by atoms with Crippen molar-refractivity contribution >= 4 is 17.6 Å². The minimum Gasteiger partial charge on any atom is -0.508 e. The smallest absolute Gasteiger partial charge is 0.339 e. The molecule has 0 heterocycles. The maximum atomic E-state index is 11.3. The van der Waals surface area contributed by atoms with Gasteiger partial charge in [0.05, 0.1) is 7.11 Å². The van der Waals surface area contributed by atoms with E-state index in [0.717, 1.165) is 0 Å². The minimum atomic E-state index is -1.17. The number of benzene rings is 2. The Labute approximate surface area is 126 Å². The summed E-state index contributed by atoms with van der Waals surface area (Å²) in [5.74, 6) is -0.725. The van der Waals surface area contributed by atoms with Crippen molar-refractivity contribution in [2.45, 2.75) is 6.61 Å². The van der Waals surface area contributed by atoms with Gasteiger partial charge in [-0.05, 0) is 23.8 Å². The molecule has 5 nitrogen and oxygen atoms in total. The van der Waals surface area contributed by atoms with Crippen LogP contribution < -0.4 is 9.47 Å². The number of carboxylic acid groups (broad SMARTS) is 1. The highest BCUT2D eigenvalue weighted by atomic mass is 35.5. The molecule has 0 bridgehead atoms. The van der Waals surface area contributed by atoms with Gasteiger partial charge in [-0.15, -0.1) is 0 Å². The Hall–Kier alpha value is -2.40. The van der Waals surface area contributed by atoms with Crippen molar-refractivity contribution in [2.75, 3.05) is 7.11 Å². The van der Waals surface area contributed by atoms with E-state index in [1.165, 1.54) is 31.4 Å². The van der Waals surface area contributed by atoms with Gasteiger partial charge < -0.3 is 19.7 Å². The Kier molecular flexibility index (Phi) is 4.55. The molecule has 6 heteroatoms. The van der Waals surface area contributed by atoms with Crippen molar-refractivity contribution in [1.29, 1.82) is 0 Å². The molecule has 0 amide bonds. The lowest BCUT2D eigenvalue weighted by Gasteiger charge is -2.14. The molecule has 0 spiro atoms. The number of aromatic hydroxyl groups is 1. The van der Waals surface area contributed by atoms with Gasteiger partial charge in [0.2, 0.25) is 0 Å². The molecule has 0 aromatic heterocycles. The molecule has 0 radical (unpaired) electrons. The summed E-state index contributed by atoms with van der Waals surface area (Å²) in [5, 5.41) is 18.9. The number of ether oxygens (including phenoxy) is 2. The molecule has 0 unspecified atom stereocenters. The largest absolute Gasteiger partial charge is 0.508 e. The molecule has 0 fully saturated rings. The number of carbonyl (C=O) groups is 1. The van der Waals surface area contributed by atoms with E-state index in [2.05, 4.69) is 0 Å². The van der Waals surface area contributed by atoms with Gasteiger partial charge in [-0.3, -0.25) is 0 Å². The number of rotatable bonds is 5. The third kappa shape index (κ3) is 3.58. The fraction of sp³-hybridized carbons (Fsp3) is 0.133. The first kappa shape index (κ1) is 15.0. The number of phenols is 1. The molecule has 2 aromatic carbocycles. The van der Waals surface area contributed by atoms with Crippen molar-refractivity contribution in [3.8, 4) is 17.2 Å². The number of aromatic carboxylic acids is 1. The molecule has 2 rings (SSSR count). The highest BCUT2D eigenvalue weighted by molar-refractivity contribution is 6.31. The summed E-state index contributed by atoms with van der Waals surface area (Å²) in [5.41, 5.74) is 0.614. The maximum Gasteiger partial charge on any atom is 0.339 e. The summed E-state index contributed by atoms with van der Waals surface area (Å²) in [4.78, 5) is 11.3. The van der Waals surface area contributed by atoms with Crippen molar-refractivity contribution in [3.05, 3.63) is 52.5 Å². The Morgan fingerprint density at radius 1 is 1.29 bits per heavy atom. The second-order valence-corrected chi connectivity index (χ2v) is 4.68. The maximum absolute atomic E-state index is 11.3. The van der Waals surface area contributed by atoms with Gasteiger partial charge in [-0.2, -0.15) is 0 Å². The average Bonchev–Trinajstić information content (AvgIpc) is 2.45. The molecule has 0 aliphatic rings. The lowest BCUT2D eigenvalue weighted by molar-refractivity contribution is 0.0691. The molecule has 110 valence electrons. The standard InChI is InChI=1S/C15H13ClO5/c1-20-13-7-10(16)6-12(15(18)19)14(13)21-8-9-3-2-4-11(17)5-9/h2-7,17H,8H2,1H3,(H,18,19). The normalized spacial score (nSPS) is 10.2. The van der Waals surface area contributed by atoms with E-state index in [0.29, 0.717) is 5.56 Å². The number of hydrogen-bond acceptors (Lipinski definition) is 4. The van der Waals surface area contributed by atoms with E-state index >= 15 is 0 Å². The zero-order valence-electron chi connectivity index (χ0n) is 11.2. The third-order valence-corrected chi connectivity index (χ3v) is 2.98. The fourth-order valence-electron chi connectivity index (χ4n) is 1.83. The number of halogens is 1. The summed E-state index contributed by atoms with van der Waals surface area (Å²) in [6.45, 7) is 0.0900. The molecule has 0 saturated heterocycles. The van der Waals surface area contributed by atoms with Gasteiger partial charge in [-0.1, -0.05) is 23.7 Å². The van der Waals surface area contributed by atoms with Crippen molar-refractivity contribution < 1.29 is 24.5 Å². The van der Waals surface area contributed by atoms with Crippen LogP contribution in [0.5, 0.6) is 17.2 Å². The fourth-order valence-corrected chi connectivity index (χ4v) is 2.04. The summed E-state index contributed by atoms with van der Waals surface area (Å²) in [6.07, 6.45) is 0. The van der Waals surface area contributed by atoms with E-state index in [1.807, 2.05) is 0 Å². The van der Waals surface area contributed by atoms with Crippen molar-refractivity contribution in [1.82, 2.24) is 0 Å². The van der Waals surface area contributed by atoms with Crippen LogP contribution in [0.2, 0.25) is 5.02 Å². The van der Waals surface area contributed by atoms with E-state index in [-0.39, 0.29) is 34.4 Å². The number of carboxylic acids is 1. The highest BCUT2D eigenvalue weighted by Crippen LogP contribution is 2.35. The monoisotopic (exact) mass is 308 g/mol. The first-order valence-corrected chi connectivity index (χ1v) is 6.40. The van der Waals surface area contributed by atoms with Gasteiger partial charge in [0, 0.05) is 11.1 Å². The Morgan fingerprint density at radius 3 is 2.67 bits per heavy atom. The van der Waals surface area contributed by atoms with Gasteiger partial charge in [-0.25, -0.2) is 4.79 Å². The summed E-state index contributed by atoms with van der Waals surface area (Å²) in [6, 6.07) is 9.27. The predicted molar refractivity (Wildman–Crippen MR) is 77.4 cm³/mol. The van der Waals surface area contributed by atoms with Crippen molar-refractivity contribution in [3.63, 3.8) is 0 Å². The minimum absolute atomic E-state index is 0.0838. The van der Waals surface area contributed by atoms with Crippen LogP contribution in [0, 0.1) is 0 Å². The van der Waals surface area contributed by atoms with Crippen LogP contribution in [-0.4, -0.2) is 23.3 Å². The highest BCUT2D eigenvalue weighted by Gasteiger charge is 2.18. The molecular weight excluding hydrogens is 296 g/mol. The van der Waals surface area contributed by atoms with E-state index in [9.17, 15) is 15.0 Å². The summed E-state index contributed by atoms with van der Waals surface area (Å²) >= 11 is 5.85. The van der Waals surface area contributed by atoms with Crippen LogP contribution in [-0.2, 0) is 6.61 Å². The van der Waals surface area contributed by atoms with Gasteiger partial charge in [0.25, 0.3) is 0 Å². The van der Waals surface area contributed by atoms with E-state index in [1.54, 1.807) is 12.1 Å². The zero-order chi connectivity index (χ0) is 15.4. The lowest BCUT2D eigenvalue weighted by atomic mass is 10.2. The molecule has 0 aliphatic carbocycles. The molecule has 2 N–H and O–H groups in total. The second-order valence-electron chi connectivity index (χ2n) is 4.25. The van der Waals surface area contributed by atoms with Crippen LogP contribution in [0.15, 0.2) is 36.4 Å². The van der Waals surface area contributed by atoms with Crippen LogP contribution in [0.25, 0.3) is 0 Å². The number of methoxy groups -OCH3 is 1. The van der Waals surface area contributed by atoms with Crippen molar-refractivity contribution in [2.24, 2.45) is 0 Å². The van der Waals surface area contributed by atoms with Gasteiger partial charge in [0.15, 0.2) is 11.5 Å². The number of hydrogen-bond donors (Lipinski definition) is 2. The third-order valence-electron chi connectivity index (χ3n) is 2.76. The quantitative estimate of drug-likeness (QED) is 0.886. The Balaban J connectivity index is 2.32. The van der Waals surface area contributed by atoms with Crippen LogP contribution in [0.3, 0.4) is 0 Å². The summed E-state index contributed by atoms with van der Waals surface area (Å²) < 4.78 is 10.6. The van der Waals surface area contributed by atoms with Gasteiger partial charge in [0.1, 0.15) is 17.9 Å². The lowest BCUT2D eigenvalue weighted by Crippen LogP contribution is -2.05. The first-order chi connectivity index (χ1) is 10.0. The second kappa shape index (κ2) is 6.37. The Morgan fingerprint density at radius 2 is 2.05 bits per heavy atom.